The molecule has 2 nitrogen and oxygen atoms in total. The van der Waals surface area contributed by atoms with Gasteiger partial charge in [-0.15, -0.1) is 0 Å². The summed E-state index contributed by atoms with van der Waals surface area (Å²) in [4.78, 5) is 5.83. The smallest absolute Gasteiger partial charge is 0.0467 e. The normalized spacial score (nSPS) is 13.5. The summed E-state index contributed by atoms with van der Waals surface area (Å²) in [6.07, 6.45) is 1.08. The van der Waals surface area contributed by atoms with Crippen LogP contribution in [0.4, 0.5) is 0 Å². The molecule has 92 valence electrons. The maximum atomic E-state index is 3.58. The lowest BCUT2D eigenvalue weighted by Gasteiger charge is -2.20. The molecule has 0 bridgehead atoms. The summed E-state index contributed by atoms with van der Waals surface area (Å²) in [5, 5.41) is 1.39. The minimum absolute atomic E-state index is 0.428. The summed E-state index contributed by atoms with van der Waals surface area (Å²) in [6, 6.07) is 7.08. The molecule has 2 aromatic rings. The van der Waals surface area contributed by atoms with Gasteiger partial charge < -0.3 is 9.88 Å². The van der Waals surface area contributed by atoms with Gasteiger partial charge in [-0.25, -0.2) is 0 Å². The topological polar surface area (TPSA) is 19.0 Å². The van der Waals surface area contributed by atoms with Crippen LogP contribution >= 0.6 is 0 Å². The van der Waals surface area contributed by atoms with E-state index < -0.39 is 0 Å². The lowest BCUT2D eigenvalue weighted by Crippen LogP contribution is -2.18. The van der Waals surface area contributed by atoms with Gasteiger partial charge >= 0.3 is 0 Å². The predicted octanol–water partition coefficient (Wildman–Crippen LogP) is 3.66. The van der Waals surface area contributed by atoms with E-state index in [9.17, 15) is 0 Å². The zero-order chi connectivity index (χ0) is 12.6. The molecule has 0 spiro atoms. The van der Waals surface area contributed by atoms with Crippen LogP contribution in [0, 0.1) is 6.92 Å². The highest BCUT2D eigenvalue weighted by molar-refractivity contribution is 5.85. The van der Waals surface area contributed by atoms with E-state index in [0.29, 0.717) is 6.04 Å². The number of aromatic nitrogens is 1. The van der Waals surface area contributed by atoms with Gasteiger partial charge in [-0.1, -0.05) is 18.6 Å². The number of aromatic amines is 1. The molecule has 17 heavy (non-hydrogen) atoms. The largest absolute Gasteiger partial charge is 0.357 e. The molecule has 1 heterocycles. The molecule has 0 aliphatic heterocycles. The number of rotatable bonds is 3. The molecule has 1 N–H and O–H groups in total. The monoisotopic (exact) mass is 230 g/mol. The van der Waals surface area contributed by atoms with Gasteiger partial charge in [-0.3, -0.25) is 0 Å². The highest BCUT2D eigenvalue weighted by Crippen LogP contribution is 2.29. The molecule has 1 unspecified atom stereocenters. The first-order valence-electron chi connectivity index (χ1n) is 6.32. The zero-order valence-corrected chi connectivity index (χ0v) is 11.5. The lowest BCUT2D eigenvalue weighted by molar-refractivity contribution is 0.315. The highest BCUT2D eigenvalue weighted by Gasteiger charge is 2.16. The van der Waals surface area contributed by atoms with Crippen molar-refractivity contribution < 1.29 is 0 Å². The molecule has 0 aliphatic carbocycles. The molecule has 2 heteroatoms. The average molecular weight is 230 g/mol. The number of hydrogen-bond donors (Lipinski definition) is 1. The quantitative estimate of drug-likeness (QED) is 0.852. The summed E-state index contributed by atoms with van der Waals surface area (Å²) in [5.74, 6) is 0. The predicted molar refractivity (Wildman–Crippen MR) is 74.5 cm³/mol. The SMILES string of the molecule is CCc1c(C(C)N(C)C)[nH]c2ccc(C)cc12. The van der Waals surface area contributed by atoms with Crippen molar-refractivity contribution in [2.45, 2.75) is 33.2 Å². The van der Waals surface area contributed by atoms with E-state index in [1.54, 1.807) is 0 Å². The Balaban J connectivity index is 2.64. The van der Waals surface area contributed by atoms with Crippen LogP contribution < -0.4 is 0 Å². The Kier molecular flexibility index (Phi) is 3.25. The molecular formula is C15H22N2. The molecule has 0 aliphatic rings. The van der Waals surface area contributed by atoms with Crippen LogP contribution in [0.25, 0.3) is 10.9 Å². The van der Waals surface area contributed by atoms with Crippen LogP contribution in [0.1, 0.15) is 36.7 Å². The van der Waals surface area contributed by atoms with Crippen molar-refractivity contribution in [3.05, 3.63) is 35.0 Å². The Hall–Kier alpha value is -1.28. The van der Waals surface area contributed by atoms with Gasteiger partial charge in [0.15, 0.2) is 0 Å². The fourth-order valence-electron chi connectivity index (χ4n) is 2.38. The van der Waals surface area contributed by atoms with Crippen LogP contribution in [0.2, 0.25) is 0 Å². The third kappa shape index (κ3) is 2.09. The fourth-order valence-corrected chi connectivity index (χ4v) is 2.38. The van der Waals surface area contributed by atoms with Gasteiger partial charge in [0, 0.05) is 22.6 Å². The molecule has 0 saturated carbocycles. The van der Waals surface area contributed by atoms with Crippen LogP contribution in [0.15, 0.2) is 18.2 Å². The Morgan fingerprint density at radius 3 is 2.59 bits per heavy atom. The second kappa shape index (κ2) is 4.53. The van der Waals surface area contributed by atoms with Gasteiger partial charge in [-0.2, -0.15) is 0 Å². The second-order valence-corrected chi connectivity index (χ2v) is 5.06. The average Bonchev–Trinajstić information content (AvgIpc) is 2.65. The number of hydrogen-bond acceptors (Lipinski definition) is 1. The van der Waals surface area contributed by atoms with Crippen LogP contribution in [-0.4, -0.2) is 24.0 Å². The third-order valence-electron chi connectivity index (χ3n) is 3.64. The number of benzene rings is 1. The first-order valence-corrected chi connectivity index (χ1v) is 6.32. The first-order chi connectivity index (χ1) is 8.04. The van der Waals surface area contributed by atoms with E-state index in [-0.39, 0.29) is 0 Å². The Morgan fingerprint density at radius 1 is 1.29 bits per heavy atom. The standard InChI is InChI=1S/C15H22N2/c1-6-12-13-9-10(2)7-8-14(13)16-15(12)11(3)17(4)5/h7-9,11,16H,6H2,1-5H3. The summed E-state index contributed by atoms with van der Waals surface area (Å²) in [6.45, 7) is 6.63. The van der Waals surface area contributed by atoms with Crippen molar-refractivity contribution in [1.82, 2.24) is 9.88 Å². The number of nitrogens with zero attached hydrogens (tertiary/aromatic N) is 1. The molecule has 0 saturated heterocycles. The number of fused-ring (bicyclic) bond motifs is 1. The number of H-pyrrole nitrogens is 1. The highest BCUT2D eigenvalue weighted by atomic mass is 15.1. The second-order valence-electron chi connectivity index (χ2n) is 5.06. The Bertz CT molecular complexity index is 523. The van der Waals surface area contributed by atoms with Gasteiger partial charge in [0.2, 0.25) is 0 Å². The minimum Gasteiger partial charge on any atom is -0.357 e. The maximum Gasteiger partial charge on any atom is 0.0467 e. The Morgan fingerprint density at radius 2 is 2.00 bits per heavy atom. The van der Waals surface area contributed by atoms with E-state index in [1.807, 2.05) is 0 Å². The molecular weight excluding hydrogens is 208 g/mol. The zero-order valence-electron chi connectivity index (χ0n) is 11.5. The van der Waals surface area contributed by atoms with E-state index in [0.717, 1.165) is 6.42 Å². The van der Waals surface area contributed by atoms with Gasteiger partial charge in [-0.05, 0) is 52.1 Å². The van der Waals surface area contributed by atoms with Crippen molar-refractivity contribution in [1.29, 1.82) is 0 Å². The van der Waals surface area contributed by atoms with Crippen molar-refractivity contribution in [3.63, 3.8) is 0 Å². The van der Waals surface area contributed by atoms with Crippen molar-refractivity contribution in [2.24, 2.45) is 0 Å². The first kappa shape index (κ1) is 12.2. The van der Waals surface area contributed by atoms with E-state index in [4.69, 9.17) is 0 Å². The van der Waals surface area contributed by atoms with Crippen LogP contribution in [0.3, 0.4) is 0 Å². The van der Waals surface area contributed by atoms with Crippen molar-refractivity contribution in [3.8, 4) is 0 Å². The minimum atomic E-state index is 0.428. The van der Waals surface area contributed by atoms with Crippen LogP contribution in [0.5, 0.6) is 0 Å². The molecule has 1 aromatic heterocycles. The lowest BCUT2D eigenvalue weighted by atomic mass is 10.0. The molecule has 2 rings (SSSR count). The molecule has 1 atom stereocenters. The molecule has 0 amide bonds. The van der Waals surface area contributed by atoms with Crippen molar-refractivity contribution >= 4 is 10.9 Å². The summed E-state index contributed by atoms with van der Waals surface area (Å²) >= 11 is 0. The van der Waals surface area contributed by atoms with E-state index in [1.165, 1.54) is 27.7 Å². The van der Waals surface area contributed by atoms with E-state index in [2.05, 4.69) is 62.9 Å². The Labute approximate surface area is 104 Å². The fraction of sp³-hybridized carbons (Fsp3) is 0.467. The number of nitrogens with one attached hydrogen (secondary N) is 1. The van der Waals surface area contributed by atoms with Crippen LogP contribution in [-0.2, 0) is 6.42 Å². The van der Waals surface area contributed by atoms with Gasteiger partial charge in [0.25, 0.3) is 0 Å². The molecule has 0 fully saturated rings. The third-order valence-corrected chi connectivity index (χ3v) is 3.64. The van der Waals surface area contributed by atoms with Crippen molar-refractivity contribution in [2.75, 3.05) is 14.1 Å². The van der Waals surface area contributed by atoms with Gasteiger partial charge in [0.05, 0.1) is 0 Å². The summed E-state index contributed by atoms with van der Waals surface area (Å²) < 4.78 is 0. The van der Waals surface area contributed by atoms with E-state index >= 15 is 0 Å². The summed E-state index contributed by atoms with van der Waals surface area (Å²) in [5.41, 5.74) is 5.41. The number of aryl methyl sites for hydroxylation is 2. The van der Waals surface area contributed by atoms with Gasteiger partial charge in [0.1, 0.15) is 0 Å². The summed E-state index contributed by atoms with van der Waals surface area (Å²) in [7, 11) is 4.25. The molecule has 1 aromatic carbocycles. The maximum absolute atomic E-state index is 3.58. The molecule has 0 radical (unpaired) electrons.